The van der Waals surface area contributed by atoms with Crippen molar-refractivity contribution in [3.8, 4) is 11.5 Å². The average Bonchev–Trinajstić information content (AvgIpc) is 3.19. The summed E-state index contributed by atoms with van der Waals surface area (Å²) in [5.41, 5.74) is 2.91. The molecular weight excluding hydrogens is 487 g/mol. The van der Waals surface area contributed by atoms with E-state index < -0.39 is 6.09 Å². The zero-order chi connectivity index (χ0) is 19.8. The zero-order valence-electron chi connectivity index (χ0n) is 16.4. The first-order valence-electron chi connectivity index (χ1n) is 8.95. The van der Waals surface area contributed by atoms with Gasteiger partial charge in [0.2, 0.25) is 6.79 Å². The summed E-state index contributed by atoms with van der Waals surface area (Å²) in [7, 11) is 3.07. The summed E-state index contributed by atoms with van der Waals surface area (Å²) in [4.78, 5) is 15.4. The van der Waals surface area contributed by atoms with Crippen molar-refractivity contribution in [1.82, 2.24) is 10.6 Å². The Kier molecular flexibility index (Phi) is 8.84. The Morgan fingerprint density at radius 1 is 1.07 bits per heavy atom. The molecule has 9 heteroatoms. The molecule has 0 saturated carbocycles. The molecule has 0 bridgehead atoms. The Balaban J connectivity index is 0.00000300. The van der Waals surface area contributed by atoms with Crippen LogP contribution in [0.5, 0.6) is 11.5 Å². The Labute approximate surface area is 187 Å². The second-order valence-electron chi connectivity index (χ2n) is 6.10. The molecule has 0 saturated heterocycles. The van der Waals surface area contributed by atoms with Gasteiger partial charge in [0, 0.05) is 25.8 Å². The first-order chi connectivity index (χ1) is 13.7. The lowest BCUT2D eigenvalue weighted by Gasteiger charge is -2.12. The number of rotatable bonds is 6. The van der Waals surface area contributed by atoms with Gasteiger partial charge >= 0.3 is 6.09 Å². The van der Waals surface area contributed by atoms with E-state index in [9.17, 15) is 4.79 Å². The SMILES string of the molecule is CN=C(NCCc1ccc2c(c1)OCO2)NCc1ccc(NC(=O)OC)cc1.I. The minimum absolute atomic E-state index is 0. The van der Waals surface area contributed by atoms with Gasteiger partial charge in [0.1, 0.15) is 0 Å². The molecule has 1 heterocycles. The van der Waals surface area contributed by atoms with E-state index in [0.29, 0.717) is 12.2 Å². The number of nitrogens with one attached hydrogen (secondary N) is 3. The van der Waals surface area contributed by atoms with Gasteiger partial charge in [-0.25, -0.2) is 4.79 Å². The summed E-state index contributed by atoms with van der Waals surface area (Å²) in [5, 5.41) is 9.18. The Morgan fingerprint density at radius 2 is 1.79 bits per heavy atom. The van der Waals surface area contributed by atoms with Gasteiger partial charge in [-0.05, 0) is 41.8 Å². The number of hydrogen-bond donors (Lipinski definition) is 3. The van der Waals surface area contributed by atoms with Crippen molar-refractivity contribution in [3.63, 3.8) is 0 Å². The van der Waals surface area contributed by atoms with Crippen LogP contribution in [0.15, 0.2) is 47.5 Å². The molecule has 29 heavy (non-hydrogen) atoms. The summed E-state index contributed by atoms with van der Waals surface area (Å²) in [6.45, 7) is 1.64. The van der Waals surface area contributed by atoms with Crippen LogP contribution in [-0.4, -0.2) is 39.5 Å². The fraction of sp³-hybridized carbons (Fsp3) is 0.300. The molecule has 0 unspecified atom stereocenters. The number of carbonyl (C=O) groups is 1. The molecule has 3 rings (SSSR count). The summed E-state index contributed by atoms with van der Waals surface area (Å²) in [6, 6.07) is 13.5. The lowest BCUT2D eigenvalue weighted by atomic mass is 10.1. The molecule has 0 atom stereocenters. The highest BCUT2D eigenvalue weighted by molar-refractivity contribution is 14.0. The normalized spacial score (nSPS) is 12.0. The van der Waals surface area contributed by atoms with Crippen LogP contribution in [0.2, 0.25) is 0 Å². The average molecular weight is 512 g/mol. The molecule has 0 aromatic heterocycles. The number of aliphatic imine (C=N–C) groups is 1. The lowest BCUT2D eigenvalue weighted by molar-refractivity contribution is 0.174. The minimum atomic E-state index is -0.488. The van der Waals surface area contributed by atoms with Gasteiger partial charge in [-0.2, -0.15) is 0 Å². The van der Waals surface area contributed by atoms with Gasteiger partial charge in [-0.15, -0.1) is 24.0 Å². The number of nitrogens with zero attached hydrogens (tertiary/aromatic N) is 1. The number of anilines is 1. The molecule has 0 fully saturated rings. The van der Waals surface area contributed by atoms with Crippen molar-refractivity contribution in [2.45, 2.75) is 13.0 Å². The second-order valence-corrected chi connectivity index (χ2v) is 6.10. The number of halogens is 1. The summed E-state index contributed by atoms with van der Waals surface area (Å²) < 4.78 is 15.3. The molecule has 0 spiro atoms. The number of hydrogen-bond acceptors (Lipinski definition) is 5. The van der Waals surface area contributed by atoms with Crippen LogP contribution in [-0.2, 0) is 17.7 Å². The van der Waals surface area contributed by atoms with Gasteiger partial charge in [-0.3, -0.25) is 10.3 Å². The van der Waals surface area contributed by atoms with Crippen LogP contribution in [0.25, 0.3) is 0 Å². The first kappa shape index (κ1) is 22.6. The predicted molar refractivity (Wildman–Crippen MR) is 122 cm³/mol. The Bertz CT molecular complexity index is 843. The molecule has 1 aliphatic heterocycles. The third-order valence-electron chi connectivity index (χ3n) is 4.21. The van der Waals surface area contributed by atoms with E-state index in [1.54, 1.807) is 7.05 Å². The minimum Gasteiger partial charge on any atom is -0.454 e. The van der Waals surface area contributed by atoms with Gasteiger partial charge in [-0.1, -0.05) is 18.2 Å². The van der Waals surface area contributed by atoms with E-state index in [4.69, 9.17) is 9.47 Å². The van der Waals surface area contributed by atoms with Crippen LogP contribution in [0.3, 0.4) is 0 Å². The van der Waals surface area contributed by atoms with E-state index in [2.05, 4.69) is 25.7 Å². The molecule has 2 aromatic rings. The number of benzene rings is 2. The molecule has 156 valence electrons. The van der Waals surface area contributed by atoms with Crippen LogP contribution in [0.1, 0.15) is 11.1 Å². The molecule has 0 aliphatic carbocycles. The fourth-order valence-corrected chi connectivity index (χ4v) is 2.70. The fourth-order valence-electron chi connectivity index (χ4n) is 2.70. The highest BCUT2D eigenvalue weighted by atomic mass is 127. The maximum Gasteiger partial charge on any atom is 0.411 e. The van der Waals surface area contributed by atoms with E-state index >= 15 is 0 Å². The molecule has 1 aliphatic rings. The van der Waals surface area contributed by atoms with Crippen molar-refractivity contribution in [2.75, 3.05) is 32.8 Å². The molecule has 3 N–H and O–H groups in total. The maximum atomic E-state index is 11.2. The number of fused-ring (bicyclic) bond motifs is 1. The third-order valence-corrected chi connectivity index (χ3v) is 4.21. The van der Waals surface area contributed by atoms with Crippen LogP contribution >= 0.6 is 24.0 Å². The predicted octanol–water partition coefficient (Wildman–Crippen LogP) is 3.12. The lowest BCUT2D eigenvalue weighted by Crippen LogP contribution is -2.37. The van der Waals surface area contributed by atoms with E-state index in [0.717, 1.165) is 36.0 Å². The van der Waals surface area contributed by atoms with Crippen molar-refractivity contribution in [1.29, 1.82) is 0 Å². The molecule has 2 aromatic carbocycles. The van der Waals surface area contributed by atoms with Crippen LogP contribution in [0.4, 0.5) is 10.5 Å². The molecule has 8 nitrogen and oxygen atoms in total. The molecule has 0 radical (unpaired) electrons. The van der Waals surface area contributed by atoms with Crippen LogP contribution in [0, 0.1) is 0 Å². The smallest absolute Gasteiger partial charge is 0.411 e. The summed E-state index contributed by atoms with van der Waals surface area (Å²) in [5.74, 6) is 2.31. The summed E-state index contributed by atoms with van der Waals surface area (Å²) in [6.07, 6.45) is 0.351. The quantitative estimate of drug-likeness (QED) is 0.313. The van der Waals surface area contributed by atoms with Crippen molar-refractivity contribution < 1.29 is 19.0 Å². The number of amides is 1. The van der Waals surface area contributed by atoms with Gasteiger partial charge in [0.05, 0.1) is 7.11 Å². The highest BCUT2D eigenvalue weighted by Crippen LogP contribution is 2.32. The van der Waals surface area contributed by atoms with Crippen molar-refractivity contribution >= 4 is 41.7 Å². The van der Waals surface area contributed by atoms with Crippen molar-refractivity contribution in [2.24, 2.45) is 4.99 Å². The third kappa shape index (κ3) is 6.70. The highest BCUT2D eigenvalue weighted by Gasteiger charge is 2.12. The second kappa shape index (κ2) is 11.3. The first-order valence-corrected chi connectivity index (χ1v) is 8.95. The molecular formula is C20H25IN4O4. The topological polar surface area (TPSA) is 93.2 Å². The zero-order valence-corrected chi connectivity index (χ0v) is 18.7. The number of guanidine groups is 1. The number of methoxy groups -OCH3 is 1. The van der Waals surface area contributed by atoms with Gasteiger partial charge < -0.3 is 24.8 Å². The molecule has 1 amide bonds. The van der Waals surface area contributed by atoms with Gasteiger partial charge in [0.15, 0.2) is 17.5 Å². The Morgan fingerprint density at radius 3 is 2.52 bits per heavy atom. The van der Waals surface area contributed by atoms with Crippen LogP contribution < -0.4 is 25.4 Å². The van der Waals surface area contributed by atoms with Gasteiger partial charge in [0.25, 0.3) is 0 Å². The standard InChI is InChI=1S/C20H24N4O4.HI/c1-21-19(22-10-9-14-5-8-17-18(11-14)28-13-27-17)23-12-15-3-6-16(7-4-15)24-20(25)26-2;/h3-8,11H,9-10,12-13H2,1-2H3,(H,24,25)(H2,21,22,23);1H. The van der Waals surface area contributed by atoms with E-state index in [1.165, 1.54) is 12.7 Å². The maximum absolute atomic E-state index is 11.2. The largest absolute Gasteiger partial charge is 0.454 e. The number of ether oxygens (including phenoxy) is 3. The Hall–Kier alpha value is -2.69. The van der Waals surface area contributed by atoms with E-state index in [1.807, 2.05) is 42.5 Å². The summed E-state index contributed by atoms with van der Waals surface area (Å²) >= 11 is 0. The van der Waals surface area contributed by atoms with E-state index in [-0.39, 0.29) is 30.8 Å². The van der Waals surface area contributed by atoms with Crippen molar-refractivity contribution in [3.05, 3.63) is 53.6 Å². The number of carbonyl (C=O) groups excluding carboxylic acids is 1. The monoisotopic (exact) mass is 512 g/mol.